The Bertz CT molecular complexity index is 852. The van der Waals surface area contributed by atoms with Crippen molar-refractivity contribution in [1.82, 2.24) is 5.32 Å². The van der Waals surface area contributed by atoms with Gasteiger partial charge in [-0.3, -0.25) is 9.59 Å². The van der Waals surface area contributed by atoms with Gasteiger partial charge in [0.25, 0.3) is 5.91 Å². The predicted molar refractivity (Wildman–Crippen MR) is 103 cm³/mol. The van der Waals surface area contributed by atoms with E-state index in [0.29, 0.717) is 30.4 Å². The molecule has 2 amide bonds. The van der Waals surface area contributed by atoms with Gasteiger partial charge in [-0.05, 0) is 42.3 Å². The van der Waals surface area contributed by atoms with E-state index in [1.54, 1.807) is 18.2 Å². The highest BCUT2D eigenvalue weighted by Crippen LogP contribution is 2.32. The Kier molecular flexibility index (Phi) is 6.13. The number of fused-ring (bicyclic) bond motifs is 1. The number of nitrogens with one attached hydrogen (secondary N) is 2. The van der Waals surface area contributed by atoms with E-state index < -0.39 is 17.8 Å². The molecule has 3 rings (SSSR count). The van der Waals surface area contributed by atoms with Gasteiger partial charge >= 0.3 is 0 Å². The largest absolute Gasteiger partial charge is 0.490 e. The standard InChI is InChI=1S/C21H23FN2O4/c1-13(2)19(24-20(25)14-4-6-15(22)7-5-14)21(26)23-16-8-9-17-18(12-16)28-11-3-10-27-17/h4-9,12-13,19H,3,10-11H2,1-2H3,(H,23,26)(H,24,25). The minimum Gasteiger partial charge on any atom is -0.490 e. The van der Waals surface area contributed by atoms with Crippen molar-refractivity contribution in [1.29, 1.82) is 0 Å². The SMILES string of the molecule is CC(C)C(NC(=O)c1ccc(F)cc1)C(=O)Nc1ccc2c(c1)OCCCO2. The van der Waals surface area contributed by atoms with Crippen molar-refractivity contribution in [3.8, 4) is 11.5 Å². The fourth-order valence-electron chi connectivity index (χ4n) is 2.82. The fourth-order valence-corrected chi connectivity index (χ4v) is 2.82. The second-order valence-corrected chi connectivity index (χ2v) is 6.90. The van der Waals surface area contributed by atoms with E-state index in [-0.39, 0.29) is 17.4 Å². The maximum absolute atomic E-state index is 13.0. The van der Waals surface area contributed by atoms with E-state index in [2.05, 4.69) is 10.6 Å². The van der Waals surface area contributed by atoms with Gasteiger partial charge in [-0.15, -0.1) is 0 Å². The lowest BCUT2D eigenvalue weighted by molar-refractivity contribution is -0.118. The Morgan fingerprint density at radius 3 is 2.36 bits per heavy atom. The van der Waals surface area contributed by atoms with E-state index >= 15 is 0 Å². The van der Waals surface area contributed by atoms with E-state index in [4.69, 9.17) is 9.47 Å². The number of amides is 2. The molecule has 0 aromatic heterocycles. The lowest BCUT2D eigenvalue weighted by Gasteiger charge is -2.22. The third-order valence-electron chi connectivity index (χ3n) is 4.36. The first-order chi connectivity index (χ1) is 13.4. The summed E-state index contributed by atoms with van der Waals surface area (Å²) in [7, 11) is 0. The Morgan fingerprint density at radius 1 is 1.00 bits per heavy atom. The maximum atomic E-state index is 13.0. The van der Waals surface area contributed by atoms with Crippen LogP contribution in [0.2, 0.25) is 0 Å². The first-order valence-electron chi connectivity index (χ1n) is 9.21. The summed E-state index contributed by atoms with van der Waals surface area (Å²) in [6.07, 6.45) is 0.793. The Morgan fingerprint density at radius 2 is 1.68 bits per heavy atom. The highest BCUT2D eigenvalue weighted by Gasteiger charge is 2.25. The Hall–Kier alpha value is -3.09. The summed E-state index contributed by atoms with van der Waals surface area (Å²) < 4.78 is 24.3. The molecule has 0 aliphatic carbocycles. The Labute approximate surface area is 163 Å². The molecule has 0 bridgehead atoms. The number of hydrogen-bond donors (Lipinski definition) is 2. The van der Waals surface area contributed by atoms with Crippen molar-refractivity contribution in [2.24, 2.45) is 5.92 Å². The van der Waals surface area contributed by atoms with Crippen LogP contribution in [0.4, 0.5) is 10.1 Å². The van der Waals surface area contributed by atoms with Gasteiger partial charge in [0.05, 0.1) is 13.2 Å². The van der Waals surface area contributed by atoms with E-state index in [0.717, 1.165) is 6.42 Å². The summed E-state index contributed by atoms with van der Waals surface area (Å²) in [5, 5.41) is 5.53. The monoisotopic (exact) mass is 386 g/mol. The molecule has 1 unspecified atom stereocenters. The number of hydrogen-bond acceptors (Lipinski definition) is 4. The average Bonchev–Trinajstić information content (AvgIpc) is 2.91. The molecule has 2 N–H and O–H groups in total. The van der Waals surface area contributed by atoms with Crippen LogP contribution in [-0.4, -0.2) is 31.1 Å². The van der Waals surface area contributed by atoms with Gasteiger partial charge in [0.15, 0.2) is 11.5 Å². The summed E-state index contributed by atoms with van der Waals surface area (Å²) in [4.78, 5) is 25.2. The molecular weight excluding hydrogens is 363 g/mol. The zero-order valence-electron chi connectivity index (χ0n) is 15.8. The van der Waals surface area contributed by atoms with Crippen LogP contribution in [0.1, 0.15) is 30.6 Å². The summed E-state index contributed by atoms with van der Waals surface area (Å²) in [6, 6.07) is 9.59. The van der Waals surface area contributed by atoms with E-state index in [1.165, 1.54) is 24.3 Å². The van der Waals surface area contributed by atoms with Crippen molar-refractivity contribution >= 4 is 17.5 Å². The van der Waals surface area contributed by atoms with Gasteiger partial charge in [-0.1, -0.05) is 13.8 Å². The predicted octanol–water partition coefficient (Wildman–Crippen LogP) is 3.38. The van der Waals surface area contributed by atoms with Crippen molar-refractivity contribution in [2.75, 3.05) is 18.5 Å². The summed E-state index contributed by atoms with van der Waals surface area (Å²) in [5.74, 6) is -0.145. The summed E-state index contributed by atoms with van der Waals surface area (Å²) in [6.45, 7) is 4.81. The fraction of sp³-hybridized carbons (Fsp3) is 0.333. The maximum Gasteiger partial charge on any atom is 0.251 e. The molecule has 28 heavy (non-hydrogen) atoms. The van der Waals surface area contributed by atoms with Gasteiger partial charge in [0, 0.05) is 23.7 Å². The smallest absolute Gasteiger partial charge is 0.251 e. The molecule has 0 radical (unpaired) electrons. The number of ether oxygens (including phenoxy) is 2. The number of carbonyl (C=O) groups excluding carboxylic acids is 2. The summed E-state index contributed by atoms with van der Waals surface area (Å²) >= 11 is 0. The molecule has 0 fully saturated rings. The molecule has 0 spiro atoms. The second kappa shape index (κ2) is 8.73. The average molecular weight is 386 g/mol. The molecule has 1 aliphatic heterocycles. The Balaban J connectivity index is 1.70. The number of anilines is 1. The van der Waals surface area contributed by atoms with Gasteiger partial charge in [0.1, 0.15) is 11.9 Å². The van der Waals surface area contributed by atoms with E-state index in [1.807, 2.05) is 13.8 Å². The van der Waals surface area contributed by atoms with Gasteiger partial charge in [-0.2, -0.15) is 0 Å². The van der Waals surface area contributed by atoms with Crippen molar-refractivity contribution in [3.63, 3.8) is 0 Å². The van der Waals surface area contributed by atoms with Crippen molar-refractivity contribution in [2.45, 2.75) is 26.3 Å². The van der Waals surface area contributed by atoms with Gasteiger partial charge in [-0.25, -0.2) is 4.39 Å². The zero-order chi connectivity index (χ0) is 20.1. The molecule has 6 nitrogen and oxygen atoms in total. The molecule has 1 heterocycles. The van der Waals surface area contributed by atoms with Crippen molar-refractivity contribution < 1.29 is 23.5 Å². The number of halogens is 1. The molecule has 7 heteroatoms. The van der Waals surface area contributed by atoms with Crippen molar-refractivity contribution in [3.05, 3.63) is 53.8 Å². The lowest BCUT2D eigenvalue weighted by Crippen LogP contribution is -2.47. The first kappa shape index (κ1) is 19.7. The molecular formula is C21H23FN2O4. The van der Waals surface area contributed by atoms with Crippen LogP contribution in [0.25, 0.3) is 0 Å². The third kappa shape index (κ3) is 4.79. The number of rotatable bonds is 5. The quantitative estimate of drug-likeness (QED) is 0.826. The topological polar surface area (TPSA) is 76.7 Å². The van der Waals surface area contributed by atoms with Crippen LogP contribution in [0.5, 0.6) is 11.5 Å². The van der Waals surface area contributed by atoms with Crippen LogP contribution in [0, 0.1) is 11.7 Å². The number of carbonyl (C=O) groups is 2. The molecule has 2 aromatic rings. The second-order valence-electron chi connectivity index (χ2n) is 6.90. The molecule has 1 aliphatic rings. The highest BCUT2D eigenvalue weighted by molar-refractivity contribution is 6.01. The van der Waals surface area contributed by atoms with Crippen LogP contribution >= 0.6 is 0 Å². The van der Waals surface area contributed by atoms with Gasteiger partial charge < -0.3 is 20.1 Å². The van der Waals surface area contributed by atoms with Crippen LogP contribution in [-0.2, 0) is 4.79 Å². The van der Waals surface area contributed by atoms with Crippen LogP contribution in [0.15, 0.2) is 42.5 Å². The van der Waals surface area contributed by atoms with E-state index in [9.17, 15) is 14.0 Å². The van der Waals surface area contributed by atoms with Crippen LogP contribution < -0.4 is 20.1 Å². The molecule has 0 saturated heterocycles. The lowest BCUT2D eigenvalue weighted by atomic mass is 10.0. The molecule has 0 saturated carbocycles. The van der Waals surface area contributed by atoms with Gasteiger partial charge in [0.2, 0.25) is 5.91 Å². The summed E-state index contributed by atoms with van der Waals surface area (Å²) in [5.41, 5.74) is 0.839. The molecule has 148 valence electrons. The molecule has 1 atom stereocenters. The van der Waals surface area contributed by atoms with Crippen LogP contribution in [0.3, 0.4) is 0 Å². The minimum atomic E-state index is -0.756. The third-order valence-corrected chi connectivity index (χ3v) is 4.36. The molecule has 2 aromatic carbocycles. The zero-order valence-corrected chi connectivity index (χ0v) is 15.8. The first-order valence-corrected chi connectivity index (χ1v) is 9.21. The number of benzene rings is 2. The minimum absolute atomic E-state index is 0.148. The highest BCUT2D eigenvalue weighted by atomic mass is 19.1. The normalized spacial score (nSPS) is 14.1.